The van der Waals surface area contributed by atoms with Crippen LogP contribution in [0.3, 0.4) is 0 Å². The van der Waals surface area contributed by atoms with E-state index in [1.807, 2.05) is 0 Å². The van der Waals surface area contributed by atoms with Gasteiger partial charge in [-0.1, -0.05) is 0 Å². The SMILES string of the molecule is COCCOCCOCCOc1ccc(OCCOCCOCCOC)c(C=O)c1. The van der Waals surface area contributed by atoms with Gasteiger partial charge in [-0.15, -0.1) is 0 Å². The third-order valence-electron chi connectivity index (χ3n) is 3.70. The van der Waals surface area contributed by atoms with Crippen LogP contribution in [0.2, 0.25) is 0 Å². The number of carbonyl (C=O) groups excluding carboxylic acids is 1. The van der Waals surface area contributed by atoms with Crippen LogP contribution >= 0.6 is 0 Å². The van der Waals surface area contributed by atoms with Crippen LogP contribution in [-0.2, 0) is 28.4 Å². The molecule has 9 heteroatoms. The minimum absolute atomic E-state index is 0.333. The zero-order chi connectivity index (χ0) is 21.7. The summed E-state index contributed by atoms with van der Waals surface area (Å²) >= 11 is 0. The first kappa shape index (κ1) is 26.3. The number of carbonyl (C=O) groups is 1. The third-order valence-corrected chi connectivity index (χ3v) is 3.70. The standard InChI is InChI=1S/C21H34O9/c1-23-5-7-25-9-11-27-13-15-29-20-3-4-21(19(17-20)18-22)30-16-14-28-12-10-26-8-6-24-2/h3-4,17-18H,5-16H2,1-2H3. The molecule has 0 aromatic heterocycles. The summed E-state index contributed by atoms with van der Waals surface area (Å²) in [5.74, 6) is 1.07. The Morgan fingerprint density at radius 2 is 1.10 bits per heavy atom. The van der Waals surface area contributed by atoms with Crippen LogP contribution in [-0.4, -0.2) is 99.8 Å². The maximum absolute atomic E-state index is 11.3. The van der Waals surface area contributed by atoms with Crippen molar-refractivity contribution in [3.8, 4) is 11.5 Å². The summed E-state index contributed by atoms with van der Waals surface area (Å²) in [6.45, 7) is 5.73. The van der Waals surface area contributed by atoms with Crippen LogP contribution in [0, 0.1) is 0 Å². The van der Waals surface area contributed by atoms with E-state index in [-0.39, 0.29) is 0 Å². The van der Waals surface area contributed by atoms with E-state index in [1.54, 1.807) is 32.4 Å². The van der Waals surface area contributed by atoms with Crippen molar-refractivity contribution in [1.29, 1.82) is 0 Å². The Balaban J connectivity index is 2.14. The maximum atomic E-state index is 11.3. The minimum Gasteiger partial charge on any atom is -0.491 e. The number of rotatable bonds is 21. The number of hydrogen-bond donors (Lipinski definition) is 0. The van der Waals surface area contributed by atoms with Crippen molar-refractivity contribution in [1.82, 2.24) is 0 Å². The van der Waals surface area contributed by atoms with E-state index in [0.717, 1.165) is 6.29 Å². The third kappa shape index (κ3) is 13.5. The highest BCUT2D eigenvalue weighted by Gasteiger charge is 2.06. The molecule has 1 rings (SSSR count). The summed E-state index contributed by atoms with van der Waals surface area (Å²) in [4.78, 5) is 11.3. The molecule has 172 valence electrons. The quantitative estimate of drug-likeness (QED) is 0.213. The Labute approximate surface area is 178 Å². The highest BCUT2D eigenvalue weighted by atomic mass is 16.6. The van der Waals surface area contributed by atoms with Crippen molar-refractivity contribution in [2.75, 3.05) is 93.5 Å². The molecule has 0 heterocycles. The van der Waals surface area contributed by atoms with E-state index >= 15 is 0 Å². The Kier molecular flexibility index (Phi) is 16.8. The molecule has 9 nitrogen and oxygen atoms in total. The van der Waals surface area contributed by atoms with Crippen LogP contribution in [0.1, 0.15) is 10.4 Å². The monoisotopic (exact) mass is 430 g/mol. The lowest BCUT2D eigenvalue weighted by molar-refractivity contribution is 0.0177. The molecule has 0 aliphatic heterocycles. The molecule has 0 N–H and O–H groups in total. The van der Waals surface area contributed by atoms with Gasteiger partial charge in [-0.05, 0) is 18.2 Å². The molecule has 0 unspecified atom stereocenters. The smallest absolute Gasteiger partial charge is 0.153 e. The fraction of sp³-hybridized carbons (Fsp3) is 0.667. The van der Waals surface area contributed by atoms with Crippen molar-refractivity contribution in [2.24, 2.45) is 0 Å². The van der Waals surface area contributed by atoms with E-state index in [2.05, 4.69) is 0 Å². The van der Waals surface area contributed by atoms with Gasteiger partial charge in [0.05, 0.1) is 71.6 Å². The van der Waals surface area contributed by atoms with E-state index in [0.29, 0.717) is 96.3 Å². The number of aldehydes is 1. The van der Waals surface area contributed by atoms with Crippen molar-refractivity contribution < 1.29 is 42.7 Å². The Bertz CT molecular complexity index is 539. The van der Waals surface area contributed by atoms with Gasteiger partial charge in [0.25, 0.3) is 0 Å². The average Bonchev–Trinajstić information content (AvgIpc) is 2.77. The lowest BCUT2D eigenvalue weighted by Gasteiger charge is -2.12. The zero-order valence-electron chi connectivity index (χ0n) is 18.0. The second-order valence-electron chi connectivity index (χ2n) is 5.95. The molecule has 0 radical (unpaired) electrons. The first-order valence-corrected chi connectivity index (χ1v) is 9.95. The average molecular weight is 430 g/mol. The van der Waals surface area contributed by atoms with Crippen molar-refractivity contribution in [3.63, 3.8) is 0 Å². The molecule has 30 heavy (non-hydrogen) atoms. The van der Waals surface area contributed by atoms with Crippen LogP contribution in [0.5, 0.6) is 11.5 Å². The predicted molar refractivity (Wildman–Crippen MR) is 110 cm³/mol. The molecule has 1 aromatic carbocycles. The minimum atomic E-state index is 0.333. The molecule has 0 saturated heterocycles. The fourth-order valence-corrected chi connectivity index (χ4v) is 2.20. The van der Waals surface area contributed by atoms with Gasteiger partial charge < -0.3 is 37.9 Å². The van der Waals surface area contributed by atoms with Gasteiger partial charge in [0.1, 0.15) is 24.7 Å². The second kappa shape index (κ2) is 19.2. The largest absolute Gasteiger partial charge is 0.491 e. The van der Waals surface area contributed by atoms with Crippen LogP contribution in [0.25, 0.3) is 0 Å². The van der Waals surface area contributed by atoms with Crippen molar-refractivity contribution in [3.05, 3.63) is 23.8 Å². The van der Waals surface area contributed by atoms with Crippen LogP contribution in [0.15, 0.2) is 18.2 Å². The summed E-state index contributed by atoms with van der Waals surface area (Å²) in [7, 11) is 3.26. The van der Waals surface area contributed by atoms with E-state index in [1.165, 1.54) is 0 Å². The molecule has 1 aromatic rings. The molecule has 0 atom stereocenters. The van der Waals surface area contributed by atoms with E-state index < -0.39 is 0 Å². The lowest BCUT2D eigenvalue weighted by atomic mass is 10.2. The first-order valence-electron chi connectivity index (χ1n) is 9.95. The molecule has 0 fully saturated rings. The normalized spacial score (nSPS) is 10.9. The summed E-state index contributed by atoms with van der Waals surface area (Å²) in [5, 5.41) is 0. The second-order valence-corrected chi connectivity index (χ2v) is 5.95. The fourth-order valence-electron chi connectivity index (χ4n) is 2.20. The van der Waals surface area contributed by atoms with Gasteiger partial charge in [-0.25, -0.2) is 0 Å². The highest BCUT2D eigenvalue weighted by molar-refractivity contribution is 5.80. The van der Waals surface area contributed by atoms with Gasteiger partial charge in [-0.3, -0.25) is 4.79 Å². The van der Waals surface area contributed by atoms with Crippen molar-refractivity contribution >= 4 is 6.29 Å². The molecule has 0 spiro atoms. The molecular formula is C21H34O9. The summed E-state index contributed by atoms with van der Waals surface area (Å²) in [6.07, 6.45) is 0.737. The predicted octanol–water partition coefficient (Wildman–Crippen LogP) is 1.62. The van der Waals surface area contributed by atoms with Gasteiger partial charge >= 0.3 is 0 Å². The zero-order valence-corrected chi connectivity index (χ0v) is 18.0. The van der Waals surface area contributed by atoms with Gasteiger partial charge in [0.2, 0.25) is 0 Å². The maximum Gasteiger partial charge on any atom is 0.153 e. The van der Waals surface area contributed by atoms with Crippen LogP contribution < -0.4 is 9.47 Å². The molecule has 0 bridgehead atoms. The Morgan fingerprint density at radius 3 is 1.60 bits per heavy atom. The molecule has 0 saturated carbocycles. The topological polar surface area (TPSA) is 90.9 Å². The highest BCUT2D eigenvalue weighted by Crippen LogP contribution is 2.22. The van der Waals surface area contributed by atoms with Gasteiger partial charge in [-0.2, -0.15) is 0 Å². The van der Waals surface area contributed by atoms with E-state index in [4.69, 9.17) is 37.9 Å². The first-order chi connectivity index (χ1) is 14.8. The molecule has 0 amide bonds. The number of hydrogen-bond acceptors (Lipinski definition) is 9. The number of benzene rings is 1. The van der Waals surface area contributed by atoms with E-state index in [9.17, 15) is 4.79 Å². The summed E-state index contributed by atoms with van der Waals surface area (Å²) in [5.41, 5.74) is 0.419. The lowest BCUT2D eigenvalue weighted by Crippen LogP contribution is -2.13. The van der Waals surface area contributed by atoms with Gasteiger partial charge in [0, 0.05) is 14.2 Å². The molecule has 0 aliphatic carbocycles. The summed E-state index contributed by atoms with van der Waals surface area (Å²) < 4.78 is 42.4. The molecular weight excluding hydrogens is 396 g/mol. The van der Waals surface area contributed by atoms with Crippen molar-refractivity contribution in [2.45, 2.75) is 0 Å². The number of ether oxygens (including phenoxy) is 8. The Morgan fingerprint density at radius 1 is 0.633 bits per heavy atom. The summed E-state index contributed by atoms with van der Waals surface area (Å²) in [6, 6.07) is 5.10. The van der Waals surface area contributed by atoms with Crippen LogP contribution in [0.4, 0.5) is 0 Å². The van der Waals surface area contributed by atoms with Gasteiger partial charge in [0.15, 0.2) is 6.29 Å². The number of methoxy groups -OCH3 is 2. The Hall–Kier alpha value is -1.75. The molecule has 0 aliphatic rings.